The fraction of sp³-hybridized carbons (Fsp3) is 0.762. The molecule has 3 heterocycles. The molecule has 2 saturated heterocycles. The van der Waals surface area contributed by atoms with Crippen molar-refractivity contribution >= 4 is 5.91 Å². The summed E-state index contributed by atoms with van der Waals surface area (Å²) in [5, 5.41) is 3.19. The van der Waals surface area contributed by atoms with Gasteiger partial charge in [-0.1, -0.05) is 6.92 Å². The normalized spacial score (nSPS) is 32.8. The maximum Gasteiger partial charge on any atom is 0.228 e. The number of carbonyl (C=O) groups is 1. The van der Waals surface area contributed by atoms with Gasteiger partial charge in [0.05, 0.1) is 31.4 Å². The lowest BCUT2D eigenvalue weighted by Gasteiger charge is -2.53. The molecule has 0 radical (unpaired) electrons. The smallest absolute Gasteiger partial charge is 0.228 e. The summed E-state index contributed by atoms with van der Waals surface area (Å²) in [6.45, 7) is 9.49. The first-order chi connectivity index (χ1) is 13.2. The minimum absolute atomic E-state index is 0.225. The van der Waals surface area contributed by atoms with Crippen molar-refractivity contribution in [3.05, 3.63) is 24.2 Å². The fourth-order valence-electron chi connectivity index (χ4n) is 5.39. The molecule has 1 N–H and O–H groups in total. The lowest BCUT2D eigenvalue weighted by Crippen LogP contribution is -2.60. The number of likely N-dealkylation sites (tertiary alicyclic amines) is 1. The Morgan fingerprint density at radius 1 is 1.30 bits per heavy atom. The second-order valence-electron chi connectivity index (χ2n) is 8.35. The van der Waals surface area contributed by atoms with Gasteiger partial charge in [-0.3, -0.25) is 9.69 Å². The van der Waals surface area contributed by atoms with Crippen LogP contribution in [0.3, 0.4) is 0 Å². The van der Waals surface area contributed by atoms with E-state index in [0.29, 0.717) is 18.5 Å². The van der Waals surface area contributed by atoms with Gasteiger partial charge in [-0.15, -0.1) is 0 Å². The Balaban J connectivity index is 1.46. The largest absolute Gasteiger partial charge is 0.467 e. The molecular formula is C21H33N3O3. The molecule has 1 saturated carbocycles. The zero-order valence-electron chi connectivity index (χ0n) is 16.5. The van der Waals surface area contributed by atoms with Gasteiger partial charge in [-0.05, 0) is 56.8 Å². The van der Waals surface area contributed by atoms with Crippen LogP contribution in [0.2, 0.25) is 0 Å². The minimum atomic E-state index is -0.246. The van der Waals surface area contributed by atoms with E-state index in [4.69, 9.17) is 9.15 Å². The Morgan fingerprint density at radius 3 is 2.89 bits per heavy atom. The van der Waals surface area contributed by atoms with Gasteiger partial charge < -0.3 is 19.4 Å². The highest BCUT2D eigenvalue weighted by Gasteiger charge is 2.52. The van der Waals surface area contributed by atoms with Crippen LogP contribution in [-0.4, -0.2) is 67.7 Å². The van der Waals surface area contributed by atoms with E-state index >= 15 is 0 Å². The van der Waals surface area contributed by atoms with Gasteiger partial charge >= 0.3 is 0 Å². The Morgan fingerprint density at radius 2 is 2.15 bits per heavy atom. The van der Waals surface area contributed by atoms with E-state index in [1.54, 1.807) is 6.26 Å². The number of nitrogens with zero attached hydrogens (tertiary/aromatic N) is 2. The highest BCUT2D eigenvalue weighted by atomic mass is 16.5. The number of furan rings is 1. The fourth-order valence-corrected chi connectivity index (χ4v) is 5.39. The monoisotopic (exact) mass is 375 g/mol. The summed E-state index contributed by atoms with van der Waals surface area (Å²) in [5.74, 6) is 1.52. The second kappa shape index (κ2) is 8.33. The third kappa shape index (κ3) is 3.93. The van der Waals surface area contributed by atoms with Crippen molar-refractivity contribution in [1.29, 1.82) is 0 Å². The van der Waals surface area contributed by atoms with E-state index in [0.717, 1.165) is 77.4 Å². The van der Waals surface area contributed by atoms with Crippen LogP contribution >= 0.6 is 0 Å². The number of morpholine rings is 1. The van der Waals surface area contributed by atoms with E-state index < -0.39 is 0 Å². The van der Waals surface area contributed by atoms with Crippen molar-refractivity contribution < 1.29 is 13.9 Å². The number of carbonyl (C=O) groups excluding carboxylic acids is 1. The predicted molar refractivity (Wildman–Crippen MR) is 103 cm³/mol. The van der Waals surface area contributed by atoms with Gasteiger partial charge in [0, 0.05) is 25.7 Å². The molecule has 6 heteroatoms. The molecule has 150 valence electrons. The third-order valence-corrected chi connectivity index (χ3v) is 7.03. The number of nitrogens with one attached hydrogen (secondary N) is 1. The van der Waals surface area contributed by atoms with Crippen LogP contribution in [-0.2, 0) is 16.1 Å². The Bertz CT molecular complexity index is 614. The van der Waals surface area contributed by atoms with E-state index in [9.17, 15) is 4.79 Å². The topological polar surface area (TPSA) is 58.0 Å². The van der Waals surface area contributed by atoms with Crippen molar-refractivity contribution in [2.45, 2.75) is 45.2 Å². The van der Waals surface area contributed by atoms with Crippen LogP contribution in [0.25, 0.3) is 0 Å². The summed E-state index contributed by atoms with van der Waals surface area (Å²) in [7, 11) is 0. The first kappa shape index (κ1) is 19.0. The first-order valence-electron chi connectivity index (χ1n) is 10.6. The molecule has 27 heavy (non-hydrogen) atoms. The lowest BCUT2D eigenvalue weighted by molar-refractivity contribution is -0.145. The number of ether oxygens (including phenoxy) is 1. The molecule has 1 aromatic rings. The molecule has 3 fully saturated rings. The van der Waals surface area contributed by atoms with E-state index in [1.807, 2.05) is 12.1 Å². The Kier molecular flexibility index (Phi) is 5.85. The first-order valence-corrected chi connectivity index (χ1v) is 10.6. The van der Waals surface area contributed by atoms with Crippen LogP contribution in [0.4, 0.5) is 0 Å². The predicted octanol–water partition coefficient (Wildman–Crippen LogP) is 2.11. The van der Waals surface area contributed by atoms with Crippen molar-refractivity contribution in [3.8, 4) is 0 Å². The molecule has 1 amide bonds. The molecule has 0 spiro atoms. The molecule has 1 aromatic heterocycles. The highest BCUT2D eigenvalue weighted by molar-refractivity contribution is 5.83. The summed E-state index contributed by atoms with van der Waals surface area (Å²) in [5.41, 5.74) is -0.246. The lowest BCUT2D eigenvalue weighted by atomic mass is 9.61. The van der Waals surface area contributed by atoms with Gasteiger partial charge in [0.25, 0.3) is 0 Å². The number of hydrogen-bond donors (Lipinski definition) is 1. The average Bonchev–Trinajstić information content (AvgIpc) is 3.25. The Labute approximate surface area is 162 Å². The summed E-state index contributed by atoms with van der Waals surface area (Å²) >= 11 is 0. The molecule has 1 aliphatic carbocycles. The quantitative estimate of drug-likeness (QED) is 0.854. The summed E-state index contributed by atoms with van der Waals surface area (Å²) in [4.78, 5) is 18.4. The standard InChI is InChI=1S/C21H33N3O3/c1-2-23-8-6-17-14-18(24-9-12-26-13-10-24)5-7-21(17,16-23)20(25)22-15-19-4-3-11-27-19/h3-4,11,17-18H,2,5-10,12-16H2,1H3,(H,22,25)/t17-,18+,21-/m1/s1. The molecule has 0 unspecified atom stereocenters. The van der Waals surface area contributed by atoms with E-state index in [1.165, 1.54) is 0 Å². The molecule has 4 rings (SSSR count). The van der Waals surface area contributed by atoms with Gasteiger partial charge in [0.1, 0.15) is 5.76 Å². The molecule has 3 atom stereocenters. The number of amides is 1. The summed E-state index contributed by atoms with van der Waals surface area (Å²) < 4.78 is 10.9. The summed E-state index contributed by atoms with van der Waals surface area (Å²) in [6.07, 6.45) is 6.03. The maximum atomic E-state index is 13.4. The van der Waals surface area contributed by atoms with E-state index in [2.05, 4.69) is 22.0 Å². The molecule has 2 aliphatic heterocycles. The molecule has 3 aliphatic rings. The Hall–Kier alpha value is -1.37. The van der Waals surface area contributed by atoms with E-state index in [-0.39, 0.29) is 11.3 Å². The SMILES string of the molecule is CCN1CC[C@@H]2C[C@@H](N3CCOCC3)CC[C@@]2(C(=O)NCc2ccco2)C1. The number of piperidine rings is 1. The molecule has 0 aromatic carbocycles. The zero-order chi connectivity index (χ0) is 18.7. The average molecular weight is 376 g/mol. The number of hydrogen-bond acceptors (Lipinski definition) is 5. The molecule has 0 bridgehead atoms. The third-order valence-electron chi connectivity index (χ3n) is 7.03. The minimum Gasteiger partial charge on any atom is -0.467 e. The van der Waals surface area contributed by atoms with Gasteiger partial charge in [-0.2, -0.15) is 0 Å². The zero-order valence-corrected chi connectivity index (χ0v) is 16.5. The number of fused-ring (bicyclic) bond motifs is 1. The van der Waals surface area contributed by atoms with Crippen molar-refractivity contribution in [3.63, 3.8) is 0 Å². The van der Waals surface area contributed by atoms with Crippen LogP contribution < -0.4 is 5.32 Å². The molecule has 6 nitrogen and oxygen atoms in total. The van der Waals surface area contributed by atoms with Crippen LogP contribution in [0.1, 0.15) is 38.4 Å². The van der Waals surface area contributed by atoms with Crippen LogP contribution in [0.15, 0.2) is 22.8 Å². The molecular weight excluding hydrogens is 342 g/mol. The van der Waals surface area contributed by atoms with Gasteiger partial charge in [0.2, 0.25) is 5.91 Å². The summed E-state index contributed by atoms with van der Waals surface area (Å²) in [6, 6.07) is 4.40. The van der Waals surface area contributed by atoms with Gasteiger partial charge in [0.15, 0.2) is 0 Å². The van der Waals surface area contributed by atoms with Crippen LogP contribution in [0, 0.1) is 11.3 Å². The number of rotatable bonds is 5. The van der Waals surface area contributed by atoms with Crippen molar-refractivity contribution in [1.82, 2.24) is 15.1 Å². The highest BCUT2D eigenvalue weighted by Crippen LogP contribution is 2.47. The van der Waals surface area contributed by atoms with Crippen molar-refractivity contribution in [2.24, 2.45) is 11.3 Å². The maximum absolute atomic E-state index is 13.4. The van der Waals surface area contributed by atoms with Crippen LogP contribution in [0.5, 0.6) is 0 Å². The van der Waals surface area contributed by atoms with Gasteiger partial charge in [-0.25, -0.2) is 0 Å². The second-order valence-corrected chi connectivity index (χ2v) is 8.35. The van der Waals surface area contributed by atoms with Crippen molar-refractivity contribution in [2.75, 3.05) is 45.9 Å².